The number of hydrogen-bond donors (Lipinski definition) is 1. The molecule has 0 aromatic heterocycles. The zero-order valence-electron chi connectivity index (χ0n) is 13.2. The molecule has 0 spiro atoms. The fraction of sp³-hybridized carbons (Fsp3) is 0.625. The zero-order valence-corrected chi connectivity index (χ0v) is 13.2. The molecule has 1 aromatic rings. The number of aliphatic hydroxyl groups is 1. The second-order valence-corrected chi connectivity index (χ2v) is 5.97. The highest BCUT2D eigenvalue weighted by molar-refractivity contribution is 5.43. The molecule has 0 bridgehead atoms. The van der Waals surface area contributed by atoms with Crippen molar-refractivity contribution in [3.63, 3.8) is 0 Å². The van der Waals surface area contributed by atoms with E-state index in [9.17, 15) is 5.11 Å². The molecule has 0 unspecified atom stereocenters. The first-order chi connectivity index (χ1) is 9.43. The molecule has 2 rings (SSSR count). The van der Waals surface area contributed by atoms with Crippen LogP contribution < -0.4 is 4.74 Å². The minimum absolute atomic E-state index is 0.231. The van der Waals surface area contributed by atoms with Gasteiger partial charge in [0.1, 0.15) is 5.75 Å². The van der Waals surface area contributed by atoms with Crippen molar-refractivity contribution < 1.29 is 9.84 Å². The van der Waals surface area contributed by atoms with Crippen molar-refractivity contribution in [2.75, 3.05) is 34.3 Å². The lowest BCUT2D eigenvalue weighted by molar-refractivity contribution is 0.112. The Morgan fingerprint density at radius 1 is 1.25 bits per heavy atom. The van der Waals surface area contributed by atoms with Crippen LogP contribution in [0.1, 0.15) is 16.7 Å². The molecule has 1 heterocycles. The van der Waals surface area contributed by atoms with Crippen LogP contribution in [0.3, 0.4) is 0 Å². The monoisotopic (exact) mass is 278 g/mol. The Bertz CT molecular complexity index is 474. The number of methoxy groups -OCH3 is 1. The molecule has 0 radical (unpaired) electrons. The van der Waals surface area contributed by atoms with Crippen LogP contribution in [-0.4, -0.2) is 61.3 Å². The van der Waals surface area contributed by atoms with Gasteiger partial charge in [-0.25, -0.2) is 0 Å². The molecule has 1 saturated heterocycles. The van der Waals surface area contributed by atoms with Gasteiger partial charge in [0.15, 0.2) is 0 Å². The highest BCUT2D eigenvalue weighted by atomic mass is 16.5. The van der Waals surface area contributed by atoms with Gasteiger partial charge in [0.05, 0.1) is 13.2 Å². The van der Waals surface area contributed by atoms with Gasteiger partial charge in [-0.15, -0.1) is 0 Å². The van der Waals surface area contributed by atoms with Gasteiger partial charge in [0, 0.05) is 25.7 Å². The molecule has 1 aromatic carbocycles. The molecule has 4 nitrogen and oxygen atoms in total. The Hall–Kier alpha value is -1.10. The van der Waals surface area contributed by atoms with E-state index >= 15 is 0 Å². The van der Waals surface area contributed by atoms with Crippen molar-refractivity contribution in [2.24, 2.45) is 0 Å². The SMILES string of the molecule is COc1ccc(CN2C[C@@H](O)[C@H](N(C)C)C2)c(C)c1C. The molecule has 1 aliphatic heterocycles. The number of benzene rings is 1. The summed E-state index contributed by atoms with van der Waals surface area (Å²) in [6.45, 7) is 6.78. The largest absolute Gasteiger partial charge is 0.496 e. The summed E-state index contributed by atoms with van der Waals surface area (Å²) < 4.78 is 5.36. The lowest BCUT2D eigenvalue weighted by atomic mass is 10.0. The molecule has 0 saturated carbocycles. The second-order valence-electron chi connectivity index (χ2n) is 5.97. The van der Waals surface area contributed by atoms with E-state index in [0.717, 1.165) is 25.4 Å². The lowest BCUT2D eigenvalue weighted by Gasteiger charge is -2.22. The van der Waals surface area contributed by atoms with Gasteiger partial charge in [-0.2, -0.15) is 0 Å². The Morgan fingerprint density at radius 3 is 2.50 bits per heavy atom. The molecular weight excluding hydrogens is 252 g/mol. The summed E-state index contributed by atoms with van der Waals surface area (Å²) >= 11 is 0. The van der Waals surface area contributed by atoms with Crippen LogP contribution in [0.15, 0.2) is 12.1 Å². The molecule has 0 amide bonds. The van der Waals surface area contributed by atoms with Gasteiger partial charge in [0.25, 0.3) is 0 Å². The van der Waals surface area contributed by atoms with Crippen LogP contribution in [0.4, 0.5) is 0 Å². The van der Waals surface area contributed by atoms with E-state index in [-0.39, 0.29) is 12.1 Å². The van der Waals surface area contributed by atoms with E-state index in [1.807, 2.05) is 20.2 Å². The molecule has 2 atom stereocenters. The Morgan fingerprint density at radius 2 is 1.95 bits per heavy atom. The molecule has 1 fully saturated rings. The number of rotatable bonds is 4. The van der Waals surface area contributed by atoms with Gasteiger partial charge in [-0.05, 0) is 50.7 Å². The van der Waals surface area contributed by atoms with Crippen molar-refractivity contribution in [1.29, 1.82) is 0 Å². The maximum absolute atomic E-state index is 10.1. The summed E-state index contributed by atoms with van der Waals surface area (Å²) in [5.41, 5.74) is 3.80. The van der Waals surface area contributed by atoms with Crippen molar-refractivity contribution >= 4 is 0 Å². The molecule has 4 heteroatoms. The first kappa shape index (κ1) is 15.3. The van der Waals surface area contributed by atoms with Gasteiger partial charge in [-0.1, -0.05) is 6.07 Å². The predicted octanol–water partition coefficient (Wildman–Crippen LogP) is 1.42. The number of likely N-dealkylation sites (N-methyl/N-ethyl adjacent to an activating group) is 1. The summed E-state index contributed by atoms with van der Waals surface area (Å²) in [5, 5.41) is 10.1. The van der Waals surface area contributed by atoms with E-state index < -0.39 is 0 Å². The zero-order chi connectivity index (χ0) is 14.9. The third kappa shape index (κ3) is 2.97. The number of ether oxygens (including phenoxy) is 1. The van der Waals surface area contributed by atoms with E-state index in [0.29, 0.717) is 0 Å². The standard InChI is InChI=1S/C16H26N2O2/c1-11-12(2)16(20-5)7-6-13(11)8-18-9-14(17(3)4)15(19)10-18/h6-7,14-15,19H,8-10H2,1-5H3/t14-,15-/m1/s1. The fourth-order valence-electron chi connectivity index (χ4n) is 2.97. The Balaban J connectivity index is 2.10. The van der Waals surface area contributed by atoms with Crippen molar-refractivity contribution in [3.05, 3.63) is 28.8 Å². The minimum atomic E-state index is -0.260. The fourth-order valence-corrected chi connectivity index (χ4v) is 2.97. The third-order valence-electron chi connectivity index (χ3n) is 4.46. The number of β-amino-alcohol motifs (C(OH)–C–C–N with tert-alkyl or cyclic N) is 1. The first-order valence-corrected chi connectivity index (χ1v) is 7.14. The summed E-state index contributed by atoms with van der Waals surface area (Å²) in [5.74, 6) is 0.943. The average molecular weight is 278 g/mol. The number of hydrogen-bond acceptors (Lipinski definition) is 4. The van der Waals surface area contributed by atoms with Crippen LogP contribution in [0.25, 0.3) is 0 Å². The van der Waals surface area contributed by atoms with Gasteiger partial charge < -0.3 is 14.7 Å². The summed E-state index contributed by atoms with van der Waals surface area (Å²) in [6, 6.07) is 4.40. The highest BCUT2D eigenvalue weighted by Crippen LogP contribution is 2.26. The number of nitrogens with zero attached hydrogens (tertiary/aromatic N) is 2. The minimum Gasteiger partial charge on any atom is -0.496 e. The van der Waals surface area contributed by atoms with Gasteiger partial charge in [-0.3, -0.25) is 4.90 Å². The van der Waals surface area contributed by atoms with Gasteiger partial charge >= 0.3 is 0 Å². The third-order valence-corrected chi connectivity index (χ3v) is 4.46. The predicted molar refractivity (Wildman–Crippen MR) is 81.2 cm³/mol. The molecule has 112 valence electrons. The molecular formula is C16H26N2O2. The van der Waals surface area contributed by atoms with Crippen LogP contribution in [0, 0.1) is 13.8 Å². The molecule has 1 N–H and O–H groups in total. The first-order valence-electron chi connectivity index (χ1n) is 7.14. The maximum Gasteiger partial charge on any atom is 0.122 e. The second kappa shape index (κ2) is 6.12. The van der Waals surface area contributed by atoms with Crippen molar-refractivity contribution in [1.82, 2.24) is 9.80 Å². The molecule has 20 heavy (non-hydrogen) atoms. The van der Waals surface area contributed by atoms with Crippen LogP contribution in [-0.2, 0) is 6.54 Å². The lowest BCUT2D eigenvalue weighted by Crippen LogP contribution is -2.37. The number of likely N-dealkylation sites (tertiary alicyclic amines) is 1. The molecule has 0 aliphatic carbocycles. The van der Waals surface area contributed by atoms with Crippen molar-refractivity contribution in [3.8, 4) is 5.75 Å². The van der Waals surface area contributed by atoms with Crippen LogP contribution >= 0.6 is 0 Å². The van der Waals surface area contributed by atoms with E-state index in [2.05, 4.69) is 29.7 Å². The average Bonchev–Trinajstić information content (AvgIpc) is 2.76. The smallest absolute Gasteiger partial charge is 0.122 e. The quantitative estimate of drug-likeness (QED) is 0.903. The van der Waals surface area contributed by atoms with Crippen LogP contribution in [0.2, 0.25) is 0 Å². The van der Waals surface area contributed by atoms with E-state index in [1.165, 1.54) is 16.7 Å². The number of aliphatic hydroxyl groups excluding tert-OH is 1. The topological polar surface area (TPSA) is 35.9 Å². The summed E-state index contributed by atoms with van der Waals surface area (Å²) in [6.07, 6.45) is -0.260. The normalized spacial score (nSPS) is 23.6. The Kier molecular flexibility index (Phi) is 4.68. The summed E-state index contributed by atoms with van der Waals surface area (Å²) in [7, 11) is 5.76. The maximum atomic E-state index is 10.1. The van der Waals surface area contributed by atoms with Crippen molar-refractivity contribution in [2.45, 2.75) is 32.5 Å². The Labute approximate surface area is 122 Å². The highest BCUT2D eigenvalue weighted by Gasteiger charge is 2.32. The molecule has 1 aliphatic rings. The van der Waals surface area contributed by atoms with E-state index in [1.54, 1.807) is 7.11 Å². The summed E-state index contributed by atoms with van der Waals surface area (Å²) in [4.78, 5) is 4.43. The van der Waals surface area contributed by atoms with Crippen LogP contribution in [0.5, 0.6) is 5.75 Å². The van der Waals surface area contributed by atoms with Gasteiger partial charge in [0.2, 0.25) is 0 Å². The van der Waals surface area contributed by atoms with E-state index in [4.69, 9.17) is 4.74 Å².